The number of benzene rings is 5. The van der Waals surface area contributed by atoms with E-state index in [0.717, 1.165) is 4.47 Å². The lowest BCUT2D eigenvalue weighted by Gasteiger charge is -2.29. The van der Waals surface area contributed by atoms with E-state index in [9.17, 15) is 0 Å². The third-order valence-electron chi connectivity index (χ3n) is 5.72. The molecule has 0 N–H and O–H groups in total. The summed E-state index contributed by atoms with van der Waals surface area (Å²) in [4.78, 5) is 0. The SMILES string of the molecule is Brc1c(C=P(c2ccccc2)(c2ccccc2)c2ccccc2)ccc2ccccc12. The molecule has 5 aromatic carbocycles. The van der Waals surface area contributed by atoms with Crippen molar-refractivity contribution in [3.63, 3.8) is 0 Å². The van der Waals surface area contributed by atoms with Crippen molar-refractivity contribution < 1.29 is 0 Å². The van der Waals surface area contributed by atoms with E-state index in [1.54, 1.807) is 0 Å². The molecule has 0 radical (unpaired) electrons. The Morgan fingerprint density at radius 2 is 0.935 bits per heavy atom. The summed E-state index contributed by atoms with van der Waals surface area (Å²) >= 11 is 3.94. The molecular formula is C29H22BrP. The van der Waals surface area contributed by atoms with Crippen molar-refractivity contribution >= 4 is 55.3 Å². The summed E-state index contributed by atoms with van der Waals surface area (Å²) in [7, 11) is 0. The average molecular weight is 481 g/mol. The molecule has 0 fully saturated rings. The van der Waals surface area contributed by atoms with Crippen LogP contribution in [0.2, 0.25) is 0 Å². The summed E-state index contributed by atoms with van der Waals surface area (Å²) in [5.74, 6) is 2.52. The molecule has 0 bridgehead atoms. The van der Waals surface area contributed by atoms with E-state index in [1.807, 2.05) is 0 Å². The largest absolute Gasteiger partial charge is 0.0622 e. The molecule has 0 aliphatic rings. The van der Waals surface area contributed by atoms with Gasteiger partial charge >= 0.3 is 0 Å². The van der Waals surface area contributed by atoms with Crippen LogP contribution in [0, 0.1) is 0 Å². The Labute approximate surface area is 192 Å². The molecule has 0 atom stereocenters. The highest BCUT2D eigenvalue weighted by molar-refractivity contribution is 9.10. The summed E-state index contributed by atoms with van der Waals surface area (Å²) in [5.41, 5.74) is 1.23. The molecule has 0 aliphatic carbocycles. The van der Waals surface area contributed by atoms with Crippen LogP contribution >= 0.6 is 22.8 Å². The molecule has 0 heterocycles. The Morgan fingerprint density at radius 1 is 0.484 bits per heavy atom. The first-order chi connectivity index (χ1) is 15.3. The second kappa shape index (κ2) is 8.71. The van der Waals surface area contributed by atoms with Gasteiger partial charge in [0, 0.05) is 4.47 Å². The van der Waals surface area contributed by atoms with Crippen LogP contribution in [0.4, 0.5) is 0 Å². The molecule has 2 heteroatoms. The zero-order valence-electron chi connectivity index (χ0n) is 17.0. The minimum atomic E-state index is -2.04. The van der Waals surface area contributed by atoms with Gasteiger partial charge in [0.2, 0.25) is 0 Å². The van der Waals surface area contributed by atoms with Gasteiger partial charge < -0.3 is 0 Å². The first-order valence-corrected chi connectivity index (χ1v) is 13.0. The summed E-state index contributed by atoms with van der Waals surface area (Å²) in [6.07, 6.45) is 0. The smallest absolute Gasteiger partial charge is 0.0326 e. The molecule has 0 saturated heterocycles. The van der Waals surface area contributed by atoms with Crippen LogP contribution in [0.15, 0.2) is 132 Å². The zero-order chi connectivity index (χ0) is 21.1. The molecule has 5 rings (SSSR count). The molecular weight excluding hydrogens is 459 g/mol. The highest BCUT2D eigenvalue weighted by Gasteiger charge is 2.25. The standard InChI is InChI=1S/C29H22BrP/c30-29-24(21-20-23-12-10-11-19-28(23)29)22-31(25-13-4-1-5-14-25,26-15-6-2-7-16-26)27-17-8-3-9-18-27/h1-22H. The Kier molecular flexibility index (Phi) is 5.64. The number of hydrogen-bond donors (Lipinski definition) is 0. The molecule has 0 unspecified atom stereocenters. The molecule has 31 heavy (non-hydrogen) atoms. The van der Waals surface area contributed by atoms with Crippen molar-refractivity contribution in [2.75, 3.05) is 0 Å². The predicted octanol–water partition coefficient (Wildman–Crippen LogP) is 6.75. The molecule has 0 aromatic heterocycles. The lowest BCUT2D eigenvalue weighted by atomic mass is 10.1. The normalized spacial score (nSPS) is 11.4. The van der Waals surface area contributed by atoms with E-state index in [-0.39, 0.29) is 0 Å². The van der Waals surface area contributed by atoms with Gasteiger partial charge in [0.25, 0.3) is 0 Å². The first kappa shape index (κ1) is 20.1. The first-order valence-electron chi connectivity index (χ1n) is 10.4. The van der Waals surface area contributed by atoms with E-state index in [1.165, 1.54) is 32.2 Å². The van der Waals surface area contributed by atoms with Gasteiger partial charge in [0.15, 0.2) is 0 Å². The maximum Gasteiger partial charge on any atom is 0.0326 e. The molecule has 5 aromatic rings. The van der Waals surface area contributed by atoms with Crippen molar-refractivity contribution in [2.45, 2.75) is 0 Å². The van der Waals surface area contributed by atoms with E-state index >= 15 is 0 Å². The van der Waals surface area contributed by atoms with Gasteiger partial charge in [-0.1, -0.05) is 127 Å². The van der Waals surface area contributed by atoms with E-state index in [2.05, 4.69) is 149 Å². The highest BCUT2D eigenvalue weighted by atomic mass is 79.9. The third kappa shape index (κ3) is 3.69. The maximum absolute atomic E-state index is 3.94. The molecule has 0 aliphatic heterocycles. The van der Waals surface area contributed by atoms with Crippen molar-refractivity contribution in [1.29, 1.82) is 0 Å². The fourth-order valence-corrected chi connectivity index (χ4v) is 8.90. The Morgan fingerprint density at radius 3 is 1.45 bits per heavy atom. The number of rotatable bonds is 4. The average Bonchev–Trinajstić information content (AvgIpc) is 2.86. The quantitative estimate of drug-likeness (QED) is 0.249. The Bertz CT molecular complexity index is 1270. The van der Waals surface area contributed by atoms with Crippen LogP contribution < -0.4 is 15.9 Å². The molecule has 0 amide bonds. The fraction of sp³-hybridized carbons (Fsp3) is 0. The van der Waals surface area contributed by atoms with Crippen LogP contribution in [0.3, 0.4) is 0 Å². The van der Waals surface area contributed by atoms with Crippen molar-refractivity contribution in [3.8, 4) is 0 Å². The summed E-state index contributed by atoms with van der Waals surface area (Å²) < 4.78 is 1.15. The molecule has 0 nitrogen and oxygen atoms in total. The number of fused-ring (bicyclic) bond motifs is 1. The van der Waals surface area contributed by atoms with Crippen LogP contribution in [0.25, 0.3) is 10.8 Å². The molecule has 0 spiro atoms. The molecule has 0 saturated carbocycles. The lowest BCUT2D eigenvalue weighted by Crippen LogP contribution is -2.27. The van der Waals surface area contributed by atoms with E-state index in [0.29, 0.717) is 0 Å². The molecule has 150 valence electrons. The van der Waals surface area contributed by atoms with Crippen LogP contribution in [-0.4, -0.2) is 5.80 Å². The Balaban J connectivity index is 1.92. The number of hydrogen-bond acceptors (Lipinski definition) is 0. The van der Waals surface area contributed by atoms with Gasteiger partial charge in [-0.25, -0.2) is 0 Å². The van der Waals surface area contributed by atoms with Crippen LogP contribution in [-0.2, 0) is 0 Å². The van der Waals surface area contributed by atoms with Crippen molar-refractivity contribution in [3.05, 3.63) is 137 Å². The topological polar surface area (TPSA) is 0 Å². The van der Waals surface area contributed by atoms with Gasteiger partial charge in [-0.2, -0.15) is 0 Å². The van der Waals surface area contributed by atoms with Gasteiger partial charge in [0.05, 0.1) is 0 Å². The monoisotopic (exact) mass is 480 g/mol. The maximum atomic E-state index is 3.94. The predicted molar refractivity (Wildman–Crippen MR) is 142 cm³/mol. The van der Waals surface area contributed by atoms with Gasteiger partial charge in [-0.3, -0.25) is 0 Å². The zero-order valence-corrected chi connectivity index (χ0v) is 19.5. The minimum Gasteiger partial charge on any atom is -0.0622 e. The summed E-state index contributed by atoms with van der Waals surface area (Å²) in [6, 6.07) is 45.9. The summed E-state index contributed by atoms with van der Waals surface area (Å²) in [5, 5.41) is 6.55. The highest BCUT2D eigenvalue weighted by Crippen LogP contribution is 2.45. The van der Waals surface area contributed by atoms with Gasteiger partial charge in [-0.05, 0) is 60.9 Å². The fourth-order valence-electron chi connectivity index (χ4n) is 4.22. The van der Waals surface area contributed by atoms with Gasteiger partial charge in [0.1, 0.15) is 0 Å². The number of halogens is 1. The van der Waals surface area contributed by atoms with Crippen LogP contribution in [0.1, 0.15) is 5.56 Å². The third-order valence-corrected chi connectivity index (χ3v) is 10.6. The van der Waals surface area contributed by atoms with Crippen molar-refractivity contribution in [2.24, 2.45) is 0 Å². The second-order valence-corrected chi connectivity index (χ2v) is 11.6. The second-order valence-electron chi connectivity index (χ2n) is 7.55. The van der Waals surface area contributed by atoms with E-state index < -0.39 is 6.89 Å². The lowest BCUT2D eigenvalue weighted by molar-refractivity contribution is 1.68. The van der Waals surface area contributed by atoms with Crippen LogP contribution in [0.5, 0.6) is 0 Å². The van der Waals surface area contributed by atoms with Crippen molar-refractivity contribution in [1.82, 2.24) is 0 Å². The van der Waals surface area contributed by atoms with Gasteiger partial charge in [-0.15, -0.1) is 0 Å². The summed E-state index contributed by atoms with van der Waals surface area (Å²) in [6.45, 7) is -2.04. The van der Waals surface area contributed by atoms with E-state index in [4.69, 9.17) is 0 Å². The minimum absolute atomic E-state index is 1.15. The Hall–Kier alpha value is -2.86.